The number of para-hydroxylation sites is 1. The third kappa shape index (κ3) is 5.96. The van der Waals surface area contributed by atoms with Gasteiger partial charge in [-0.15, -0.1) is 0 Å². The largest absolute Gasteiger partial charge is 0.454 e. The first-order valence-corrected chi connectivity index (χ1v) is 14.8. The molecule has 0 atom stereocenters. The Morgan fingerprint density at radius 3 is 2.50 bits per heavy atom. The van der Waals surface area contributed by atoms with Crippen LogP contribution >= 0.6 is 23.2 Å². The number of carbonyl (C=O) groups excluding carboxylic acids is 1. The van der Waals surface area contributed by atoms with Crippen LogP contribution in [0.1, 0.15) is 27.9 Å². The number of rotatable bonds is 10. The highest BCUT2D eigenvalue weighted by Crippen LogP contribution is 2.38. The van der Waals surface area contributed by atoms with E-state index >= 15 is 0 Å². The van der Waals surface area contributed by atoms with E-state index in [0.29, 0.717) is 11.1 Å². The number of nitrogens with one attached hydrogen (secondary N) is 1. The molecule has 4 aromatic rings. The fraction of sp³-hybridized carbons (Fsp3) is 0.143. The first kappa shape index (κ1) is 29.5. The SMILES string of the molecule is Nc1c(C(=O)C2=Cc3cc(F)c(NS(=O)(=O)CCCF)cc3C2)cnn1-c1c(Cl)cc(Oc2ccccc2F)cc1Cl. The van der Waals surface area contributed by atoms with Gasteiger partial charge in [0.25, 0.3) is 0 Å². The van der Waals surface area contributed by atoms with E-state index in [1.54, 1.807) is 6.07 Å². The summed E-state index contributed by atoms with van der Waals surface area (Å²) < 4.78 is 74.1. The molecule has 0 amide bonds. The molecule has 5 rings (SSSR count). The van der Waals surface area contributed by atoms with Crippen LogP contribution in [0, 0.1) is 11.6 Å². The molecule has 3 aromatic carbocycles. The lowest BCUT2D eigenvalue weighted by Crippen LogP contribution is -2.18. The summed E-state index contributed by atoms with van der Waals surface area (Å²) >= 11 is 12.9. The molecule has 8 nitrogen and oxygen atoms in total. The molecule has 0 fully saturated rings. The van der Waals surface area contributed by atoms with Crippen LogP contribution < -0.4 is 15.2 Å². The summed E-state index contributed by atoms with van der Waals surface area (Å²) in [5.41, 5.74) is 7.33. The van der Waals surface area contributed by atoms with E-state index in [0.717, 1.165) is 6.07 Å². The summed E-state index contributed by atoms with van der Waals surface area (Å²) in [5, 5.41) is 4.30. The van der Waals surface area contributed by atoms with Gasteiger partial charge < -0.3 is 10.5 Å². The molecule has 1 heterocycles. The number of hydrogen-bond acceptors (Lipinski definition) is 6. The number of benzene rings is 3. The van der Waals surface area contributed by atoms with Crippen LogP contribution in [0.5, 0.6) is 11.5 Å². The molecule has 0 saturated heterocycles. The molecule has 1 aromatic heterocycles. The summed E-state index contributed by atoms with van der Waals surface area (Å²) in [6.07, 6.45) is 2.57. The highest BCUT2D eigenvalue weighted by molar-refractivity contribution is 7.92. The van der Waals surface area contributed by atoms with E-state index in [-0.39, 0.29) is 62.7 Å². The number of alkyl halides is 1. The smallest absolute Gasteiger partial charge is 0.232 e. The second-order valence-electron chi connectivity index (χ2n) is 9.29. The number of allylic oxidation sites excluding steroid dienone is 1. The quantitative estimate of drug-likeness (QED) is 0.186. The zero-order valence-corrected chi connectivity index (χ0v) is 23.8. The van der Waals surface area contributed by atoms with Crippen LogP contribution in [-0.4, -0.2) is 36.4 Å². The van der Waals surface area contributed by atoms with Gasteiger partial charge in [0, 0.05) is 24.1 Å². The number of anilines is 2. The Hall–Kier alpha value is -4.00. The lowest BCUT2D eigenvalue weighted by atomic mass is 10.0. The van der Waals surface area contributed by atoms with E-state index < -0.39 is 39.9 Å². The van der Waals surface area contributed by atoms with Crippen molar-refractivity contribution in [3.63, 3.8) is 0 Å². The van der Waals surface area contributed by atoms with Crippen LogP contribution in [0.4, 0.5) is 24.7 Å². The molecule has 1 aliphatic rings. The number of ketones is 1. The van der Waals surface area contributed by atoms with Gasteiger partial charge in [-0.3, -0.25) is 13.9 Å². The van der Waals surface area contributed by atoms with Gasteiger partial charge in [-0.25, -0.2) is 21.9 Å². The minimum Gasteiger partial charge on any atom is -0.454 e. The maximum atomic E-state index is 14.6. The minimum atomic E-state index is -3.95. The maximum Gasteiger partial charge on any atom is 0.232 e. The van der Waals surface area contributed by atoms with Gasteiger partial charge in [0.1, 0.15) is 23.1 Å². The lowest BCUT2D eigenvalue weighted by Gasteiger charge is -2.13. The molecular weight excluding hydrogens is 616 g/mol. The van der Waals surface area contributed by atoms with Crippen molar-refractivity contribution in [2.45, 2.75) is 12.8 Å². The Kier molecular flexibility index (Phi) is 8.22. The number of nitrogens with zero attached hydrogens (tertiary/aromatic N) is 2. The van der Waals surface area contributed by atoms with Crippen LogP contribution in [-0.2, 0) is 16.4 Å². The number of nitrogen functional groups attached to an aromatic ring is 1. The molecule has 1 aliphatic carbocycles. The Morgan fingerprint density at radius 2 is 1.81 bits per heavy atom. The van der Waals surface area contributed by atoms with Crippen molar-refractivity contribution >= 4 is 56.6 Å². The van der Waals surface area contributed by atoms with Gasteiger partial charge >= 0.3 is 0 Å². The normalized spacial score (nSPS) is 12.6. The average molecular weight is 637 g/mol. The van der Waals surface area contributed by atoms with Crippen molar-refractivity contribution in [1.82, 2.24) is 9.78 Å². The van der Waals surface area contributed by atoms with E-state index in [1.165, 1.54) is 53.4 Å². The number of aromatic nitrogens is 2. The fourth-order valence-electron chi connectivity index (χ4n) is 4.39. The highest BCUT2D eigenvalue weighted by Gasteiger charge is 2.27. The molecular formula is C28H21Cl2F3N4O4S. The predicted molar refractivity (Wildman–Crippen MR) is 155 cm³/mol. The maximum absolute atomic E-state index is 14.6. The van der Waals surface area contributed by atoms with E-state index in [4.69, 9.17) is 33.7 Å². The third-order valence-corrected chi connectivity index (χ3v) is 8.29. The van der Waals surface area contributed by atoms with Gasteiger partial charge in [0.05, 0.1) is 39.9 Å². The van der Waals surface area contributed by atoms with Crippen LogP contribution in [0.15, 0.2) is 60.3 Å². The summed E-state index contributed by atoms with van der Waals surface area (Å²) in [6, 6.07) is 11.0. The number of carbonyl (C=O) groups is 1. The van der Waals surface area contributed by atoms with Crippen LogP contribution in [0.25, 0.3) is 11.8 Å². The third-order valence-electron chi connectivity index (χ3n) is 6.36. The lowest BCUT2D eigenvalue weighted by molar-refractivity contribution is 0.103. The van der Waals surface area contributed by atoms with Gasteiger partial charge in [0.2, 0.25) is 10.0 Å². The Morgan fingerprint density at radius 1 is 1.10 bits per heavy atom. The van der Waals surface area contributed by atoms with Crippen molar-refractivity contribution in [3.8, 4) is 17.2 Å². The molecule has 14 heteroatoms. The zero-order chi connectivity index (χ0) is 30.2. The number of halogens is 5. The number of nitrogens with two attached hydrogens (primary N) is 1. The number of hydrogen-bond donors (Lipinski definition) is 2. The van der Waals surface area contributed by atoms with Gasteiger partial charge in [-0.05, 0) is 47.9 Å². The highest BCUT2D eigenvalue weighted by atomic mass is 35.5. The Balaban J connectivity index is 1.37. The van der Waals surface area contributed by atoms with Gasteiger partial charge in [0.15, 0.2) is 17.3 Å². The molecule has 0 radical (unpaired) electrons. The fourth-order valence-corrected chi connectivity index (χ4v) is 6.10. The van der Waals surface area contributed by atoms with E-state index in [1.807, 2.05) is 0 Å². The van der Waals surface area contributed by atoms with Crippen LogP contribution in [0.2, 0.25) is 10.0 Å². The van der Waals surface area contributed by atoms with Crippen molar-refractivity contribution in [2.24, 2.45) is 0 Å². The minimum absolute atomic E-state index is 0.0282. The van der Waals surface area contributed by atoms with Crippen LogP contribution in [0.3, 0.4) is 0 Å². The average Bonchev–Trinajstić information content (AvgIpc) is 3.51. The molecule has 0 saturated carbocycles. The molecule has 0 unspecified atom stereocenters. The van der Waals surface area contributed by atoms with Crippen molar-refractivity contribution in [2.75, 3.05) is 22.9 Å². The second kappa shape index (κ2) is 11.7. The summed E-state index contributed by atoms with van der Waals surface area (Å²) in [5.74, 6) is -2.36. The standard InChI is InChI=1S/C28H21Cl2F3N4O4S/c29-20-12-18(41-25-5-2-1-4-22(25)32)13-21(30)26(20)37-28(34)19(14-35-37)27(38)17-8-15-10-23(33)24(11-16(15)9-17)36-42(39,40)7-3-6-31/h1-2,4-5,8,10-14,36H,3,6-7,9,34H2. The predicted octanol–water partition coefficient (Wildman–Crippen LogP) is 6.76. The number of ether oxygens (including phenoxy) is 1. The monoisotopic (exact) mass is 636 g/mol. The van der Waals surface area contributed by atoms with Crippen molar-refractivity contribution in [1.29, 1.82) is 0 Å². The molecule has 0 spiro atoms. The second-order valence-corrected chi connectivity index (χ2v) is 11.9. The molecule has 0 aliphatic heterocycles. The van der Waals surface area contributed by atoms with E-state index in [9.17, 15) is 26.4 Å². The van der Waals surface area contributed by atoms with Crippen molar-refractivity contribution in [3.05, 3.63) is 98.7 Å². The Labute approximate surface area is 248 Å². The zero-order valence-electron chi connectivity index (χ0n) is 21.5. The van der Waals surface area contributed by atoms with Gasteiger partial charge in [-0.2, -0.15) is 5.10 Å². The summed E-state index contributed by atoms with van der Waals surface area (Å²) in [4.78, 5) is 13.4. The van der Waals surface area contributed by atoms with E-state index in [2.05, 4.69) is 9.82 Å². The number of sulfonamides is 1. The first-order chi connectivity index (χ1) is 20.0. The Bertz CT molecular complexity index is 1840. The number of fused-ring (bicyclic) bond motifs is 1. The number of Topliss-reactive ketones (excluding diaryl/α,β-unsaturated/α-hetero) is 1. The molecule has 3 N–H and O–H groups in total. The van der Waals surface area contributed by atoms with Crippen molar-refractivity contribution < 1.29 is 31.1 Å². The van der Waals surface area contributed by atoms with Gasteiger partial charge in [-0.1, -0.05) is 35.3 Å². The topological polar surface area (TPSA) is 116 Å². The summed E-state index contributed by atoms with van der Waals surface area (Å²) in [7, 11) is -3.95. The molecule has 42 heavy (non-hydrogen) atoms. The molecule has 0 bridgehead atoms. The molecule has 218 valence electrons. The summed E-state index contributed by atoms with van der Waals surface area (Å²) in [6.45, 7) is -0.823. The first-order valence-electron chi connectivity index (χ1n) is 12.4.